The molecule has 0 spiro atoms. The number of urea groups is 1. The molecular formula is C20H20ClN9O4S2. The first-order valence-corrected chi connectivity index (χ1v) is 13.4. The smallest absolute Gasteiger partial charge is 0.325 e. The van der Waals surface area contributed by atoms with E-state index in [9.17, 15) is 18.0 Å². The van der Waals surface area contributed by atoms with Crippen LogP contribution in [0.15, 0.2) is 43.0 Å². The minimum absolute atomic E-state index is 0.320. The largest absolute Gasteiger partial charge is 0.368 e. The molecule has 4 rings (SSSR count). The van der Waals surface area contributed by atoms with Crippen LogP contribution in [0.1, 0.15) is 4.88 Å². The van der Waals surface area contributed by atoms with Gasteiger partial charge in [0.2, 0.25) is 10.0 Å². The van der Waals surface area contributed by atoms with Gasteiger partial charge in [0, 0.05) is 34.7 Å². The van der Waals surface area contributed by atoms with Gasteiger partial charge in [-0.25, -0.2) is 32.8 Å². The molecule has 1 aromatic carbocycles. The minimum atomic E-state index is -3.69. The molecule has 13 nitrogen and oxygen atoms in total. The maximum absolute atomic E-state index is 12.2. The molecule has 3 amide bonds. The number of hydrogen-bond donors (Lipinski definition) is 4. The lowest BCUT2D eigenvalue weighted by Crippen LogP contribution is -2.32. The topological polar surface area (TPSA) is 173 Å². The predicted molar refractivity (Wildman–Crippen MR) is 137 cm³/mol. The summed E-state index contributed by atoms with van der Waals surface area (Å²) in [5.74, 6) is -0.296. The number of sulfonamides is 1. The fourth-order valence-corrected chi connectivity index (χ4v) is 4.63. The van der Waals surface area contributed by atoms with Gasteiger partial charge in [-0.05, 0) is 18.2 Å². The number of amides is 3. The van der Waals surface area contributed by atoms with Crippen LogP contribution in [0.3, 0.4) is 0 Å². The summed E-state index contributed by atoms with van der Waals surface area (Å²) in [5.41, 5.74) is 1.52. The van der Waals surface area contributed by atoms with Gasteiger partial charge in [0.25, 0.3) is 5.91 Å². The lowest BCUT2D eigenvalue weighted by atomic mass is 10.3. The van der Waals surface area contributed by atoms with Crippen molar-refractivity contribution in [1.29, 1.82) is 0 Å². The van der Waals surface area contributed by atoms with Gasteiger partial charge in [-0.2, -0.15) is 5.10 Å². The third-order valence-corrected chi connectivity index (χ3v) is 6.35. The van der Waals surface area contributed by atoms with Crippen molar-refractivity contribution in [3.63, 3.8) is 0 Å². The highest BCUT2D eigenvalue weighted by molar-refractivity contribution is 7.89. The molecular weight excluding hydrogens is 530 g/mol. The third kappa shape index (κ3) is 6.87. The van der Waals surface area contributed by atoms with Gasteiger partial charge >= 0.3 is 6.03 Å². The molecule has 3 aromatic heterocycles. The van der Waals surface area contributed by atoms with Gasteiger partial charge in [0.15, 0.2) is 10.9 Å². The quantitative estimate of drug-likeness (QED) is 0.244. The van der Waals surface area contributed by atoms with E-state index in [4.69, 9.17) is 11.6 Å². The SMILES string of the molecule is CS(=O)(=O)NC(=O)Cn1ncc2ncnc(NCCc3cnc(NC(=O)Nc4cccc(Cl)c4)s3)c21. The van der Waals surface area contributed by atoms with Crippen molar-refractivity contribution in [3.8, 4) is 0 Å². The molecule has 0 radical (unpaired) electrons. The molecule has 0 aliphatic rings. The van der Waals surface area contributed by atoms with Crippen LogP contribution in [0.4, 0.5) is 21.4 Å². The molecule has 36 heavy (non-hydrogen) atoms. The summed E-state index contributed by atoms with van der Waals surface area (Å²) in [7, 11) is -3.69. The average molecular weight is 550 g/mol. The number of aromatic nitrogens is 5. The van der Waals surface area contributed by atoms with E-state index in [1.165, 1.54) is 28.5 Å². The summed E-state index contributed by atoms with van der Waals surface area (Å²) in [4.78, 5) is 37.7. The van der Waals surface area contributed by atoms with E-state index in [1.807, 2.05) is 4.72 Å². The summed E-state index contributed by atoms with van der Waals surface area (Å²) in [5, 5.41) is 13.6. The summed E-state index contributed by atoms with van der Waals surface area (Å²) in [6, 6.07) is 6.36. The molecule has 4 N–H and O–H groups in total. The molecule has 16 heteroatoms. The number of nitrogens with one attached hydrogen (secondary N) is 4. The zero-order chi connectivity index (χ0) is 25.7. The van der Waals surface area contributed by atoms with Crippen molar-refractivity contribution in [3.05, 3.63) is 52.9 Å². The maximum atomic E-state index is 12.2. The number of hydrogen-bond acceptors (Lipinski definition) is 10. The second-order valence-corrected chi connectivity index (χ2v) is 10.8. The molecule has 4 aromatic rings. The van der Waals surface area contributed by atoms with Gasteiger partial charge in [0.1, 0.15) is 23.9 Å². The second-order valence-electron chi connectivity index (χ2n) is 7.45. The van der Waals surface area contributed by atoms with Crippen molar-refractivity contribution in [2.24, 2.45) is 0 Å². The Kier molecular flexibility index (Phi) is 7.61. The van der Waals surface area contributed by atoms with Crippen molar-refractivity contribution < 1.29 is 18.0 Å². The van der Waals surface area contributed by atoms with Gasteiger partial charge in [0.05, 0.1) is 12.5 Å². The number of thiazole rings is 1. The summed E-state index contributed by atoms with van der Waals surface area (Å²) in [6.07, 6.45) is 5.96. The van der Waals surface area contributed by atoms with Crippen molar-refractivity contribution >= 4 is 72.6 Å². The molecule has 0 unspecified atom stereocenters. The van der Waals surface area contributed by atoms with Gasteiger partial charge in [-0.3, -0.25) is 14.8 Å². The third-order valence-electron chi connectivity index (χ3n) is 4.54. The summed E-state index contributed by atoms with van der Waals surface area (Å²) >= 11 is 7.25. The molecule has 0 bridgehead atoms. The van der Waals surface area contributed by atoms with Crippen molar-refractivity contribution in [2.45, 2.75) is 13.0 Å². The summed E-state index contributed by atoms with van der Waals surface area (Å²) < 4.78 is 25.8. The van der Waals surface area contributed by atoms with Crippen molar-refractivity contribution in [2.75, 3.05) is 28.8 Å². The van der Waals surface area contributed by atoms with E-state index in [-0.39, 0.29) is 6.54 Å². The number of halogens is 1. The standard InChI is InChI=1S/C20H20ClN9O4S2/c1-36(33,34)29-16(31)10-30-17-15(9-26-30)24-11-25-18(17)22-6-5-14-8-23-20(35-14)28-19(32)27-13-4-2-3-12(21)7-13/h2-4,7-9,11H,5-6,10H2,1H3,(H,29,31)(H,22,24,25)(H2,23,27,28,32). The Morgan fingerprint density at radius 3 is 2.75 bits per heavy atom. The zero-order valence-corrected chi connectivity index (χ0v) is 21.1. The highest BCUT2D eigenvalue weighted by Crippen LogP contribution is 2.22. The molecule has 188 valence electrons. The highest BCUT2D eigenvalue weighted by atomic mass is 35.5. The van der Waals surface area contributed by atoms with Crippen LogP contribution < -0.4 is 20.7 Å². The number of rotatable bonds is 9. The Balaban J connectivity index is 1.34. The Bertz CT molecular complexity index is 1520. The molecule has 0 atom stereocenters. The van der Waals surface area contributed by atoms with Crippen LogP contribution in [0, 0.1) is 0 Å². The van der Waals surface area contributed by atoms with Crippen LogP contribution in [0.2, 0.25) is 5.02 Å². The van der Waals surface area contributed by atoms with Crippen LogP contribution in [0.25, 0.3) is 11.0 Å². The summed E-state index contributed by atoms with van der Waals surface area (Å²) in [6.45, 7) is 0.142. The minimum Gasteiger partial charge on any atom is -0.368 e. The van der Waals surface area contributed by atoms with E-state index in [0.717, 1.165) is 11.1 Å². The zero-order valence-electron chi connectivity index (χ0n) is 18.7. The van der Waals surface area contributed by atoms with Crippen LogP contribution >= 0.6 is 22.9 Å². The number of carbonyl (C=O) groups excluding carboxylic acids is 2. The van der Waals surface area contributed by atoms with Gasteiger partial charge in [-0.15, -0.1) is 11.3 Å². The van der Waals surface area contributed by atoms with Crippen LogP contribution in [-0.4, -0.2) is 57.9 Å². The maximum Gasteiger partial charge on any atom is 0.325 e. The lowest BCUT2D eigenvalue weighted by Gasteiger charge is -2.09. The van der Waals surface area contributed by atoms with Crippen molar-refractivity contribution in [1.82, 2.24) is 29.5 Å². The molecule has 0 saturated heterocycles. The predicted octanol–water partition coefficient (Wildman–Crippen LogP) is 2.31. The Labute approximate surface area is 214 Å². The van der Waals surface area contributed by atoms with E-state index >= 15 is 0 Å². The first kappa shape index (κ1) is 25.3. The normalized spacial score (nSPS) is 11.3. The Hall–Kier alpha value is -3.82. The average Bonchev–Trinajstić information content (AvgIpc) is 3.40. The van der Waals surface area contributed by atoms with E-state index in [2.05, 4.69) is 36.0 Å². The second kappa shape index (κ2) is 10.8. The Morgan fingerprint density at radius 2 is 1.97 bits per heavy atom. The number of benzene rings is 1. The first-order valence-electron chi connectivity index (χ1n) is 10.4. The molecule has 0 aliphatic heterocycles. The van der Waals surface area contributed by atoms with Crippen LogP contribution in [0.5, 0.6) is 0 Å². The first-order chi connectivity index (χ1) is 17.2. The monoisotopic (exact) mass is 549 g/mol. The van der Waals surface area contributed by atoms with E-state index in [0.29, 0.717) is 45.7 Å². The van der Waals surface area contributed by atoms with Crippen LogP contribution in [-0.2, 0) is 27.8 Å². The Morgan fingerprint density at radius 1 is 1.14 bits per heavy atom. The number of carbonyl (C=O) groups is 2. The number of fused-ring (bicyclic) bond motifs is 1. The fraction of sp³-hybridized carbons (Fsp3) is 0.200. The molecule has 3 heterocycles. The molecule has 0 aliphatic carbocycles. The van der Waals surface area contributed by atoms with Gasteiger partial charge in [-0.1, -0.05) is 17.7 Å². The lowest BCUT2D eigenvalue weighted by molar-refractivity contribution is -0.120. The number of nitrogens with zero attached hydrogens (tertiary/aromatic N) is 5. The van der Waals surface area contributed by atoms with Gasteiger partial charge < -0.3 is 10.6 Å². The van der Waals surface area contributed by atoms with E-state index in [1.54, 1.807) is 30.5 Å². The highest BCUT2D eigenvalue weighted by Gasteiger charge is 2.15. The van der Waals surface area contributed by atoms with E-state index < -0.39 is 22.0 Å². The number of anilines is 3. The fourth-order valence-electron chi connectivity index (χ4n) is 3.16. The molecule has 0 fully saturated rings. The molecule has 0 saturated carbocycles.